The first-order valence-corrected chi connectivity index (χ1v) is 6.00. The molecule has 1 aromatic carbocycles. The summed E-state index contributed by atoms with van der Waals surface area (Å²) in [6, 6.07) is 10.5. The lowest BCUT2D eigenvalue weighted by Crippen LogP contribution is -2.12. The molecule has 0 saturated heterocycles. The third-order valence-corrected chi connectivity index (χ3v) is 3.79. The quantitative estimate of drug-likeness (QED) is 0.626. The SMILES string of the molecule is ClC(c1ccccc1)C1CCCCC1. The minimum absolute atomic E-state index is 0.233. The Morgan fingerprint density at radius 3 is 2.29 bits per heavy atom. The average Bonchev–Trinajstić information content (AvgIpc) is 2.30. The van der Waals surface area contributed by atoms with E-state index in [1.165, 1.54) is 37.7 Å². The zero-order valence-electron chi connectivity index (χ0n) is 8.45. The Balaban J connectivity index is 2.03. The Labute approximate surface area is 91.3 Å². The Bertz CT molecular complexity index is 262. The van der Waals surface area contributed by atoms with E-state index in [1.54, 1.807) is 0 Å². The smallest absolute Gasteiger partial charge is 0.0613 e. The molecule has 1 heteroatoms. The molecule has 2 rings (SSSR count). The number of alkyl halides is 1. The van der Waals surface area contributed by atoms with Gasteiger partial charge in [0.2, 0.25) is 0 Å². The van der Waals surface area contributed by atoms with Crippen LogP contribution in [0.25, 0.3) is 0 Å². The second-order valence-electron chi connectivity index (χ2n) is 4.21. The second kappa shape index (κ2) is 4.84. The fourth-order valence-corrected chi connectivity index (χ4v) is 2.73. The molecule has 1 aliphatic carbocycles. The number of benzene rings is 1. The van der Waals surface area contributed by atoms with Gasteiger partial charge in [-0.2, -0.15) is 0 Å². The van der Waals surface area contributed by atoms with Gasteiger partial charge in [0.25, 0.3) is 0 Å². The summed E-state index contributed by atoms with van der Waals surface area (Å²) >= 11 is 6.49. The molecule has 0 aromatic heterocycles. The van der Waals surface area contributed by atoms with Crippen LogP contribution in [0.4, 0.5) is 0 Å². The van der Waals surface area contributed by atoms with Crippen LogP contribution in [0.5, 0.6) is 0 Å². The van der Waals surface area contributed by atoms with Crippen LogP contribution in [-0.4, -0.2) is 0 Å². The maximum atomic E-state index is 6.49. The number of hydrogen-bond donors (Lipinski definition) is 0. The summed E-state index contributed by atoms with van der Waals surface area (Å²) in [5.41, 5.74) is 1.29. The number of rotatable bonds is 2. The average molecular weight is 209 g/mol. The lowest BCUT2D eigenvalue weighted by molar-refractivity contribution is 0.348. The van der Waals surface area contributed by atoms with E-state index in [2.05, 4.69) is 24.3 Å². The highest BCUT2D eigenvalue weighted by atomic mass is 35.5. The highest BCUT2D eigenvalue weighted by Gasteiger charge is 2.22. The van der Waals surface area contributed by atoms with Crippen LogP contribution in [0.3, 0.4) is 0 Å². The molecular formula is C13H17Cl. The minimum atomic E-state index is 0.233. The van der Waals surface area contributed by atoms with Crippen molar-refractivity contribution in [2.75, 3.05) is 0 Å². The third kappa shape index (κ3) is 2.30. The Morgan fingerprint density at radius 1 is 1.00 bits per heavy atom. The van der Waals surface area contributed by atoms with Gasteiger partial charge in [-0.25, -0.2) is 0 Å². The van der Waals surface area contributed by atoms with Crippen molar-refractivity contribution in [1.29, 1.82) is 0 Å². The van der Waals surface area contributed by atoms with E-state index in [4.69, 9.17) is 11.6 Å². The highest BCUT2D eigenvalue weighted by Crippen LogP contribution is 2.38. The Hall–Kier alpha value is -0.490. The Kier molecular flexibility index (Phi) is 3.47. The minimum Gasteiger partial charge on any atom is -0.118 e. The molecule has 0 bridgehead atoms. The van der Waals surface area contributed by atoms with Gasteiger partial charge in [-0.1, -0.05) is 49.6 Å². The molecule has 1 aromatic rings. The second-order valence-corrected chi connectivity index (χ2v) is 4.68. The molecule has 0 nitrogen and oxygen atoms in total. The van der Waals surface area contributed by atoms with E-state index >= 15 is 0 Å². The van der Waals surface area contributed by atoms with Gasteiger partial charge in [0, 0.05) is 0 Å². The zero-order chi connectivity index (χ0) is 9.80. The fraction of sp³-hybridized carbons (Fsp3) is 0.538. The lowest BCUT2D eigenvalue weighted by Gasteiger charge is -2.26. The van der Waals surface area contributed by atoms with Gasteiger partial charge in [-0.05, 0) is 24.3 Å². The van der Waals surface area contributed by atoms with Crippen molar-refractivity contribution in [1.82, 2.24) is 0 Å². The maximum absolute atomic E-state index is 6.49. The summed E-state index contributed by atoms with van der Waals surface area (Å²) in [7, 11) is 0. The van der Waals surface area contributed by atoms with E-state index < -0.39 is 0 Å². The molecule has 1 saturated carbocycles. The van der Waals surface area contributed by atoms with Crippen LogP contribution in [0.2, 0.25) is 0 Å². The first kappa shape index (κ1) is 10.0. The monoisotopic (exact) mass is 208 g/mol. The predicted molar refractivity (Wildman–Crippen MR) is 61.6 cm³/mol. The largest absolute Gasteiger partial charge is 0.118 e. The topological polar surface area (TPSA) is 0 Å². The maximum Gasteiger partial charge on any atom is 0.0613 e. The summed E-state index contributed by atoms with van der Waals surface area (Å²) in [6.45, 7) is 0. The molecule has 0 radical (unpaired) electrons. The van der Waals surface area contributed by atoms with Crippen molar-refractivity contribution < 1.29 is 0 Å². The first-order valence-electron chi connectivity index (χ1n) is 5.57. The molecule has 0 amide bonds. The standard InChI is InChI=1S/C13H17Cl/c14-13(11-7-3-1-4-8-11)12-9-5-2-6-10-12/h1,3-4,7-8,12-13H,2,5-6,9-10H2. The van der Waals surface area contributed by atoms with Gasteiger partial charge < -0.3 is 0 Å². The van der Waals surface area contributed by atoms with Crippen molar-refractivity contribution in [2.45, 2.75) is 37.5 Å². The van der Waals surface area contributed by atoms with Gasteiger partial charge in [0.1, 0.15) is 0 Å². The molecule has 1 fully saturated rings. The van der Waals surface area contributed by atoms with E-state index in [0.29, 0.717) is 5.92 Å². The molecule has 0 spiro atoms. The van der Waals surface area contributed by atoms with E-state index in [9.17, 15) is 0 Å². The molecule has 76 valence electrons. The van der Waals surface area contributed by atoms with Crippen molar-refractivity contribution in [3.8, 4) is 0 Å². The van der Waals surface area contributed by atoms with Crippen LogP contribution < -0.4 is 0 Å². The summed E-state index contributed by atoms with van der Waals surface area (Å²) in [6.07, 6.45) is 6.74. The Morgan fingerprint density at radius 2 is 1.64 bits per heavy atom. The van der Waals surface area contributed by atoms with Gasteiger partial charge in [-0.15, -0.1) is 11.6 Å². The van der Waals surface area contributed by atoms with Crippen LogP contribution in [0.15, 0.2) is 30.3 Å². The van der Waals surface area contributed by atoms with E-state index in [-0.39, 0.29) is 5.38 Å². The molecular weight excluding hydrogens is 192 g/mol. The van der Waals surface area contributed by atoms with Crippen molar-refractivity contribution >= 4 is 11.6 Å². The molecule has 0 N–H and O–H groups in total. The lowest BCUT2D eigenvalue weighted by atomic mass is 9.84. The molecule has 1 unspecified atom stereocenters. The summed E-state index contributed by atoms with van der Waals surface area (Å²) in [5.74, 6) is 0.702. The molecule has 1 aliphatic rings. The van der Waals surface area contributed by atoms with Gasteiger partial charge in [0.05, 0.1) is 5.38 Å². The summed E-state index contributed by atoms with van der Waals surface area (Å²) in [5, 5.41) is 0.233. The van der Waals surface area contributed by atoms with Crippen LogP contribution in [0, 0.1) is 5.92 Å². The van der Waals surface area contributed by atoms with Crippen molar-refractivity contribution in [2.24, 2.45) is 5.92 Å². The summed E-state index contributed by atoms with van der Waals surface area (Å²) in [4.78, 5) is 0. The fourth-order valence-electron chi connectivity index (χ4n) is 2.34. The van der Waals surface area contributed by atoms with Gasteiger partial charge in [-0.3, -0.25) is 0 Å². The van der Waals surface area contributed by atoms with Crippen LogP contribution in [0.1, 0.15) is 43.0 Å². The summed E-state index contributed by atoms with van der Waals surface area (Å²) < 4.78 is 0. The molecule has 14 heavy (non-hydrogen) atoms. The third-order valence-electron chi connectivity index (χ3n) is 3.18. The first-order chi connectivity index (χ1) is 6.88. The van der Waals surface area contributed by atoms with Crippen LogP contribution >= 0.6 is 11.6 Å². The van der Waals surface area contributed by atoms with Crippen molar-refractivity contribution in [3.05, 3.63) is 35.9 Å². The van der Waals surface area contributed by atoms with E-state index in [1.807, 2.05) is 6.07 Å². The normalized spacial score (nSPS) is 20.6. The van der Waals surface area contributed by atoms with E-state index in [0.717, 1.165) is 0 Å². The number of hydrogen-bond acceptors (Lipinski definition) is 0. The van der Waals surface area contributed by atoms with Crippen molar-refractivity contribution in [3.63, 3.8) is 0 Å². The molecule has 0 aliphatic heterocycles. The molecule has 1 atom stereocenters. The predicted octanol–water partition coefficient (Wildman–Crippen LogP) is 4.55. The van der Waals surface area contributed by atoms with Gasteiger partial charge in [0.15, 0.2) is 0 Å². The number of halogens is 1. The van der Waals surface area contributed by atoms with Crippen LogP contribution in [-0.2, 0) is 0 Å². The zero-order valence-corrected chi connectivity index (χ0v) is 9.21. The molecule has 0 heterocycles. The van der Waals surface area contributed by atoms with Gasteiger partial charge >= 0.3 is 0 Å². The highest BCUT2D eigenvalue weighted by molar-refractivity contribution is 6.21.